The van der Waals surface area contributed by atoms with E-state index in [1.54, 1.807) is 54.5 Å². The summed E-state index contributed by atoms with van der Waals surface area (Å²) in [6.45, 7) is 4.98. The molecule has 0 fully saturated rings. The minimum absolute atomic E-state index is 0.0589. The zero-order valence-electron chi connectivity index (χ0n) is 15.3. The van der Waals surface area contributed by atoms with Crippen molar-refractivity contribution in [3.05, 3.63) is 54.1 Å². The van der Waals surface area contributed by atoms with Crippen LogP contribution in [0, 0.1) is 0 Å². The van der Waals surface area contributed by atoms with Crippen molar-refractivity contribution >= 4 is 17.5 Å². The lowest BCUT2D eigenvalue weighted by molar-refractivity contribution is -0.118. The summed E-state index contributed by atoms with van der Waals surface area (Å²) in [5, 5.41) is 2.74. The van der Waals surface area contributed by atoms with Gasteiger partial charge in [0.1, 0.15) is 0 Å². The van der Waals surface area contributed by atoms with Crippen molar-refractivity contribution in [2.75, 3.05) is 32.1 Å². The fourth-order valence-electron chi connectivity index (χ4n) is 2.50. The van der Waals surface area contributed by atoms with Gasteiger partial charge in [0, 0.05) is 24.3 Å². The van der Waals surface area contributed by atoms with Crippen LogP contribution < -0.4 is 14.8 Å². The Labute approximate surface area is 153 Å². The highest BCUT2D eigenvalue weighted by molar-refractivity contribution is 5.97. The minimum atomic E-state index is -0.316. The van der Waals surface area contributed by atoms with Gasteiger partial charge in [-0.3, -0.25) is 9.59 Å². The highest BCUT2D eigenvalue weighted by atomic mass is 16.5. The summed E-state index contributed by atoms with van der Waals surface area (Å²) in [6, 6.07) is 14.0. The van der Waals surface area contributed by atoms with E-state index in [0.717, 1.165) is 0 Å². The summed E-state index contributed by atoms with van der Waals surface area (Å²) in [7, 11) is 1.54. The smallest absolute Gasteiger partial charge is 0.262 e. The summed E-state index contributed by atoms with van der Waals surface area (Å²) < 4.78 is 10.7. The third-order valence-electron chi connectivity index (χ3n) is 3.87. The van der Waals surface area contributed by atoms with E-state index in [1.807, 2.05) is 19.9 Å². The van der Waals surface area contributed by atoms with E-state index in [2.05, 4.69) is 5.32 Å². The van der Waals surface area contributed by atoms with Crippen LogP contribution in [-0.4, -0.2) is 43.5 Å². The van der Waals surface area contributed by atoms with Gasteiger partial charge in [0.2, 0.25) is 0 Å². The molecule has 138 valence electrons. The average Bonchev–Trinajstić information content (AvgIpc) is 2.67. The van der Waals surface area contributed by atoms with E-state index < -0.39 is 0 Å². The van der Waals surface area contributed by atoms with Crippen molar-refractivity contribution < 1.29 is 19.1 Å². The first-order chi connectivity index (χ1) is 12.6. The monoisotopic (exact) mass is 356 g/mol. The molecule has 0 aliphatic heterocycles. The van der Waals surface area contributed by atoms with E-state index in [1.165, 1.54) is 0 Å². The Morgan fingerprint density at radius 2 is 1.69 bits per heavy atom. The number of nitrogens with zero attached hydrogens (tertiary/aromatic N) is 1. The molecular weight excluding hydrogens is 332 g/mol. The summed E-state index contributed by atoms with van der Waals surface area (Å²) in [4.78, 5) is 26.3. The highest BCUT2D eigenvalue weighted by Gasteiger charge is 2.13. The SMILES string of the molecule is CCN(CC)C(=O)c1cccc(NC(=O)COc2ccccc2OC)c1. The first kappa shape index (κ1) is 19.3. The van der Waals surface area contributed by atoms with E-state index in [-0.39, 0.29) is 18.4 Å². The number of benzene rings is 2. The van der Waals surface area contributed by atoms with E-state index in [4.69, 9.17) is 9.47 Å². The molecule has 0 saturated heterocycles. The van der Waals surface area contributed by atoms with Gasteiger partial charge in [-0.25, -0.2) is 0 Å². The molecule has 2 aromatic carbocycles. The first-order valence-electron chi connectivity index (χ1n) is 8.54. The molecule has 0 saturated carbocycles. The van der Waals surface area contributed by atoms with E-state index in [0.29, 0.717) is 35.8 Å². The Morgan fingerprint density at radius 1 is 1.00 bits per heavy atom. The van der Waals surface area contributed by atoms with Crippen molar-refractivity contribution in [3.63, 3.8) is 0 Å². The number of para-hydroxylation sites is 2. The molecule has 0 radical (unpaired) electrons. The maximum absolute atomic E-state index is 12.4. The van der Waals surface area contributed by atoms with Crippen molar-refractivity contribution in [3.8, 4) is 11.5 Å². The quantitative estimate of drug-likeness (QED) is 0.789. The molecule has 0 heterocycles. The van der Waals surface area contributed by atoms with Crippen molar-refractivity contribution in [2.45, 2.75) is 13.8 Å². The van der Waals surface area contributed by atoms with Crippen LogP contribution in [0.4, 0.5) is 5.69 Å². The summed E-state index contributed by atoms with van der Waals surface area (Å²) >= 11 is 0. The van der Waals surface area contributed by atoms with Crippen LogP contribution in [0.1, 0.15) is 24.2 Å². The third-order valence-corrected chi connectivity index (χ3v) is 3.87. The summed E-state index contributed by atoms with van der Waals surface area (Å²) in [5.74, 6) is 0.683. The number of carbonyl (C=O) groups excluding carboxylic acids is 2. The van der Waals surface area contributed by atoms with Crippen molar-refractivity contribution in [1.29, 1.82) is 0 Å². The zero-order chi connectivity index (χ0) is 18.9. The Balaban J connectivity index is 1.99. The molecule has 26 heavy (non-hydrogen) atoms. The zero-order valence-corrected chi connectivity index (χ0v) is 15.3. The minimum Gasteiger partial charge on any atom is -0.493 e. The van der Waals surface area contributed by atoms with Crippen LogP contribution >= 0.6 is 0 Å². The number of hydrogen-bond acceptors (Lipinski definition) is 4. The molecule has 0 atom stereocenters. The molecule has 6 heteroatoms. The van der Waals surface area contributed by atoms with Gasteiger partial charge in [-0.2, -0.15) is 0 Å². The third kappa shape index (κ3) is 4.99. The average molecular weight is 356 g/mol. The Morgan fingerprint density at radius 3 is 2.35 bits per heavy atom. The maximum Gasteiger partial charge on any atom is 0.262 e. The summed E-state index contributed by atoms with van der Waals surface area (Å²) in [5.41, 5.74) is 1.09. The van der Waals surface area contributed by atoms with Crippen LogP contribution in [0.25, 0.3) is 0 Å². The van der Waals surface area contributed by atoms with Gasteiger partial charge in [-0.15, -0.1) is 0 Å². The van der Waals surface area contributed by atoms with E-state index in [9.17, 15) is 9.59 Å². The lowest BCUT2D eigenvalue weighted by Gasteiger charge is -2.19. The van der Waals surface area contributed by atoms with Gasteiger partial charge in [0.15, 0.2) is 18.1 Å². The lowest BCUT2D eigenvalue weighted by atomic mass is 10.1. The molecule has 6 nitrogen and oxygen atoms in total. The molecular formula is C20H24N2O4. The second-order valence-electron chi connectivity index (χ2n) is 5.55. The molecule has 0 aliphatic carbocycles. The number of carbonyl (C=O) groups is 2. The van der Waals surface area contributed by atoms with Crippen LogP contribution in [0.5, 0.6) is 11.5 Å². The number of anilines is 1. The largest absolute Gasteiger partial charge is 0.493 e. The molecule has 0 spiro atoms. The predicted octanol–water partition coefficient (Wildman–Crippen LogP) is 3.19. The van der Waals surface area contributed by atoms with Gasteiger partial charge in [-0.1, -0.05) is 18.2 Å². The molecule has 0 aliphatic rings. The first-order valence-corrected chi connectivity index (χ1v) is 8.54. The van der Waals surface area contributed by atoms with Crippen LogP contribution in [0.15, 0.2) is 48.5 Å². The van der Waals surface area contributed by atoms with Gasteiger partial charge in [-0.05, 0) is 44.2 Å². The molecule has 2 amide bonds. The molecule has 1 N–H and O–H groups in total. The fourth-order valence-corrected chi connectivity index (χ4v) is 2.50. The van der Waals surface area contributed by atoms with Gasteiger partial charge in [0.25, 0.3) is 11.8 Å². The highest BCUT2D eigenvalue weighted by Crippen LogP contribution is 2.25. The fraction of sp³-hybridized carbons (Fsp3) is 0.300. The van der Waals surface area contributed by atoms with Gasteiger partial charge >= 0.3 is 0 Å². The lowest BCUT2D eigenvalue weighted by Crippen LogP contribution is -2.30. The Bertz CT molecular complexity index is 757. The Hall–Kier alpha value is -3.02. The van der Waals surface area contributed by atoms with Crippen LogP contribution in [-0.2, 0) is 4.79 Å². The molecule has 0 bridgehead atoms. The van der Waals surface area contributed by atoms with E-state index >= 15 is 0 Å². The second-order valence-corrected chi connectivity index (χ2v) is 5.55. The number of ether oxygens (including phenoxy) is 2. The van der Waals surface area contributed by atoms with Gasteiger partial charge < -0.3 is 19.7 Å². The molecule has 0 aromatic heterocycles. The second kappa shape index (κ2) is 9.46. The molecule has 2 aromatic rings. The predicted molar refractivity (Wildman–Crippen MR) is 101 cm³/mol. The number of methoxy groups -OCH3 is 1. The maximum atomic E-state index is 12.4. The normalized spacial score (nSPS) is 10.1. The number of nitrogens with one attached hydrogen (secondary N) is 1. The molecule has 2 rings (SSSR count). The van der Waals surface area contributed by atoms with Crippen LogP contribution in [0.3, 0.4) is 0 Å². The van der Waals surface area contributed by atoms with Crippen LogP contribution in [0.2, 0.25) is 0 Å². The van der Waals surface area contributed by atoms with Crippen molar-refractivity contribution in [2.24, 2.45) is 0 Å². The standard InChI is InChI=1S/C20H24N2O4/c1-4-22(5-2)20(24)15-9-8-10-16(13-15)21-19(23)14-26-18-12-7-6-11-17(18)25-3/h6-13H,4-5,14H2,1-3H3,(H,21,23). The van der Waals surface area contributed by atoms with Crippen molar-refractivity contribution in [1.82, 2.24) is 4.90 Å². The summed E-state index contributed by atoms with van der Waals surface area (Å²) in [6.07, 6.45) is 0. The number of amides is 2. The topological polar surface area (TPSA) is 67.9 Å². The molecule has 0 unspecified atom stereocenters. The number of hydrogen-bond donors (Lipinski definition) is 1. The van der Waals surface area contributed by atoms with Gasteiger partial charge in [0.05, 0.1) is 7.11 Å². The Kier molecular flexibility index (Phi) is 7.02. The number of rotatable bonds is 8.